The van der Waals surface area contributed by atoms with E-state index in [1.807, 2.05) is 0 Å². The fraction of sp³-hybridized carbons (Fsp3) is 0.0256. The molecule has 1 aliphatic rings. The number of para-hydroxylation sites is 4. The van der Waals surface area contributed by atoms with Crippen molar-refractivity contribution in [2.75, 3.05) is 0 Å². The Morgan fingerprint density at radius 3 is 2.05 bits per heavy atom. The van der Waals surface area contributed by atoms with Gasteiger partial charge in [-0.2, -0.15) is 0 Å². The minimum absolute atomic E-state index is 0.794. The first-order valence-electron chi connectivity index (χ1n) is 14.5. The van der Waals surface area contributed by atoms with Crippen LogP contribution in [0.15, 0.2) is 146 Å². The Labute approximate surface area is 243 Å². The van der Waals surface area contributed by atoms with Gasteiger partial charge >= 0.3 is 0 Å². The molecule has 6 aromatic carbocycles. The minimum atomic E-state index is 0.794. The van der Waals surface area contributed by atoms with Crippen LogP contribution in [0.5, 0.6) is 0 Å². The Morgan fingerprint density at radius 1 is 0.500 bits per heavy atom. The molecule has 1 aliphatic heterocycles. The first-order chi connectivity index (χ1) is 20.9. The van der Waals surface area contributed by atoms with Gasteiger partial charge in [-0.3, -0.25) is 0 Å². The van der Waals surface area contributed by atoms with E-state index in [-0.39, 0.29) is 0 Å². The molecule has 0 bridgehead atoms. The van der Waals surface area contributed by atoms with Crippen molar-refractivity contribution in [3.8, 4) is 11.4 Å². The summed E-state index contributed by atoms with van der Waals surface area (Å²) >= 11 is 0. The number of benzene rings is 6. The van der Waals surface area contributed by atoms with Gasteiger partial charge in [0.1, 0.15) is 0 Å². The number of nitrogens with one attached hydrogen (secondary N) is 1. The molecule has 198 valence electrons. The summed E-state index contributed by atoms with van der Waals surface area (Å²) in [5.41, 5.74) is 11.0. The number of rotatable bonds is 3. The summed E-state index contributed by atoms with van der Waals surface area (Å²) in [6.45, 7) is 0.794. The predicted molar refractivity (Wildman–Crippen MR) is 175 cm³/mol. The number of hydrogen-bond donors (Lipinski definition) is 1. The second kappa shape index (κ2) is 8.98. The van der Waals surface area contributed by atoms with Crippen molar-refractivity contribution in [2.45, 2.75) is 6.54 Å². The molecule has 0 spiro atoms. The summed E-state index contributed by atoms with van der Waals surface area (Å²) in [4.78, 5) is 0. The van der Waals surface area contributed by atoms with Gasteiger partial charge in [0.25, 0.3) is 0 Å². The second-order valence-corrected chi connectivity index (χ2v) is 11.0. The second-order valence-electron chi connectivity index (χ2n) is 11.0. The van der Waals surface area contributed by atoms with Gasteiger partial charge in [-0.1, -0.05) is 103 Å². The monoisotopic (exact) mass is 537 g/mol. The van der Waals surface area contributed by atoms with Crippen molar-refractivity contribution in [1.82, 2.24) is 14.5 Å². The number of hydrogen-bond acceptors (Lipinski definition) is 1. The van der Waals surface area contributed by atoms with Gasteiger partial charge in [0.2, 0.25) is 0 Å². The van der Waals surface area contributed by atoms with Gasteiger partial charge in [0.05, 0.1) is 22.2 Å². The molecule has 8 aromatic rings. The van der Waals surface area contributed by atoms with Crippen molar-refractivity contribution in [1.29, 1.82) is 0 Å². The molecule has 2 aromatic heterocycles. The van der Waals surface area contributed by atoms with E-state index < -0.39 is 0 Å². The first kappa shape index (κ1) is 23.2. The molecule has 0 saturated heterocycles. The molecule has 3 nitrogen and oxygen atoms in total. The molecule has 9 rings (SSSR count). The van der Waals surface area contributed by atoms with Crippen LogP contribution in [0.2, 0.25) is 0 Å². The van der Waals surface area contributed by atoms with Crippen LogP contribution >= 0.6 is 0 Å². The van der Waals surface area contributed by atoms with Crippen LogP contribution in [0, 0.1) is 0 Å². The van der Waals surface area contributed by atoms with E-state index in [0.717, 1.165) is 6.54 Å². The van der Waals surface area contributed by atoms with Crippen LogP contribution in [0.4, 0.5) is 0 Å². The molecule has 42 heavy (non-hydrogen) atoms. The van der Waals surface area contributed by atoms with E-state index in [2.05, 4.69) is 160 Å². The van der Waals surface area contributed by atoms with E-state index in [1.54, 1.807) is 0 Å². The Kier molecular flexibility index (Phi) is 4.96. The van der Waals surface area contributed by atoms with E-state index >= 15 is 0 Å². The molecule has 0 aliphatic carbocycles. The maximum absolute atomic E-state index is 3.64. The highest BCUT2D eigenvalue weighted by molar-refractivity contribution is 6.14. The van der Waals surface area contributed by atoms with E-state index in [1.165, 1.54) is 77.2 Å². The SMILES string of the molecule is C1=C(c2cccc3c4ccccc4n(-c4ccc5ccccc5c4)c23)c2c(c3ccccc3n2-c2ccccc2)CN1. The zero-order valence-corrected chi connectivity index (χ0v) is 23.0. The van der Waals surface area contributed by atoms with Crippen LogP contribution in [0.25, 0.3) is 60.4 Å². The standard InChI is InChI=1S/C39H27N3/c1-2-13-28(14-3-1)41-37-20-9-7-16-31(37)34-24-40-25-35(39(34)41)33-18-10-17-32-30-15-6-8-19-36(30)42(38(32)33)29-22-21-26-11-4-5-12-27(26)23-29/h1-23,25,40H,24H2. The average molecular weight is 538 g/mol. The molecule has 0 atom stereocenters. The predicted octanol–water partition coefficient (Wildman–Crippen LogP) is 9.37. The topological polar surface area (TPSA) is 21.9 Å². The maximum Gasteiger partial charge on any atom is 0.0620 e. The molecule has 1 N–H and O–H groups in total. The minimum Gasteiger partial charge on any atom is -0.386 e. The molecule has 3 heterocycles. The summed E-state index contributed by atoms with van der Waals surface area (Å²) in [6.07, 6.45) is 2.22. The highest BCUT2D eigenvalue weighted by Crippen LogP contribution is 2.43. The molecule has 0 saturated carbocycles. The van der Waals surface area contributed by atoms with Crippen LogP contribution in [-0.4, -0.2) is 9.13 Å². The molecule has 0 radical (unpaired) electrons. The Bertz CT molecular complexity index is 2350. The van der Waals surface area contributed by atoms with Gasteiger partial charge in [0.15, 0.2) is 0 Å². The molecular formula is C39H27N3. The van der Waals surface area contributed by atoms with Crippen LogP contribution in [-0.2, 0) is 6.54 Å². The summed E-state index contributed by atoms with van der Waals surface area (Å²) in [5.74, 6) is 0. The molecule has 0 fully saturated rings. The summed E-state index contributed by atoms with van der Waals surface area (Å²) in [5, 5.41) is 9.94. The van der Waals surface area contributed by atoms with E-state index in [4.69, 9.17) is 0 Å². The smallest absolute Gasteiger partial charge is 0.0620 e. The maximum atomic E-state index is 3.64. The molecule has 0 amide bonds. The third kappa shape index (κ3) is 3.28. The number of nitrogens with zero attached hydrogens (tertiary/aromatic N) is 2. The van der Waals surface area contributed by atoms with Crippen molar-refractivity contribution in [3.63, 3.8) is 0 Å². The number of aromatic nitrogens is 2. The zero-order valence-electron chi connectivity index (χ0n) is 23.0. The quantitative estimate of drug-likeness (QED) is 0.238. The third-order valence-electron chi connectivity index (χ3n) is 8.75. The van der Waals surface area contributed by atoms with E-state index in [0.29, 0.717) is 0 Å². The Balaban J connectivity index is 1.39. The summed E-state index contributed by atoms with van der Waals surface area (Å²) < 4.78 is 4.90. The van der Waals surface area contributed by atoms with Crippen molar-refractivity contribution in [2.24, 2.45) is 0 Å². The normalized spacial score (nSPS) is 13.0. The van der Waals surface area contributed by atoms with Crippen molar-refractivity contribution in [3.05, 3.63) is 163 Å². The first-order valence-corrected chi connectivity index (χ1v) is 14.5. The van der Waals surface area contributed by atoms with Crippen molar-refractivity contribution >= 4 is 49.1 Å². The molecule has 0 unspecified atom stereocenters. The summed E-state index contributed by atoms with van der Waals surface area (Å²) in [6, 6.07) is 50.5. The van der Waals surface area contributed by atoms with E-state index in [9.17, 15) is 0 Å². The highest BCUT2D eigenvalue weighted by atomic mass is 15.0. The molecule has 3 heteroatoms. The third-order valence-corrected chi connectivity index (χ3v) is 8.75. The highest BCUT2D eigenvalue weighted by Gasteiger charge is 2.27. The Morgan fingerprint density at radius 2 is 1.19 bits per heavy atom. The fourth-order valence-electron chi connectivity index (χ4n) is 6.96. The van der Waals surface area contributed by atoms with Crippen molar-refractivity contribution < 1.29 is 0 Å². The van der Waals surface area contributed by atoms with Crippen LogP contribution in [0.1, 0.15) is 16.8 Å². The average Bonchev–Trinajstić information content (AvgIpc) is 3.58. The molecular weight excluding hydrogens is 510 g/mol. The van der Waals surface area contributed by atoms with Gasteiger partial charge in [-0.15, -0.1) is 0 Å². The lowest BCUT2D eigenvalue weighted by Crippen LogP contribution is -2.16. The van der Waals surface area contributed by atoms with Gasteiger partial charge in [0, 0.05) is 57.0 Å². The zero-order chi connectivity index (χ0) is 27.6. The number of fused-ring (bicyclic) bond motifs is 7. The lowest BCUT2D eigenvalue weighted by atomic mass is 9.95. The fourth-order valence-corrected chi connectivity index (χ4v) is 6.96. The van der Waals surface area contributed by atoms with Gasteiger partial charge in [-0.05, 0) is 47.2 Å². The van der Waals surface area contributed by atoms with Crippen LogP contribution in [0.3, 0.4) is 0 Å². The van der Waals surface area contributed by atoms with Crippen LogP contribution < -0.4 is 5.32 Å². The lowest BCUT2D eigenvalue weighted by Gasteiger charge is -2.22. The largest absolute Gasteiger partial charge is 0.386 e. The van der Waals surface area contributed by atoms with Gasteiger partial charge < -0.3 is 14.5 Å². The van der Waals surface area contributed by atoms with Gasteiger partial charge in [-0.25, -0.2) is 0 Å². The Hall–Kier alpha value is -5.54. The lowest BCUT2D eigenvalue weighted by molar-refractivity contribution is 0.848. The summed E-state index contributed by atoms with van der Waals surface area (Å²) in [7, 11) is 0.